The molecule has 0 saturated carbocycles. The monoisotopic (exact) mass is 396 g/mol. The number of oxazole rings is 1. The van der Waals surface area contributed by atoms with E-state index in [0.717, 1.165) is 11.1 Å². The second-order valence-electron chi connectivity index (χ2n) is 6.19. The molecular weight excluding hydrogens is 372 g/mol. The molecule has 1 N–H and O–H groups in total. The summed E-state index contributed by atoms with van der Waals surface area (Å²) in [6, 6.07) is 12.8. The lowest BCUT2D eigenvalue weighted by molar-refractivity contribution is 0.0940. The Hall–Kier alpha value is -3.32. The van der Waals surface area contributed by atoms with Crippen LogP contribution < -0.4 is 14.8 Å². The molecule has 3 rings (SSSR count). The van der Waals surface area contributed by atoms with Crippen molar-refractivity contribution in [2.45, 2.75) is 20.1 Å². The van der Waals surface area contributed by atoms with E-state index in [1.165, 1.54) is 6.26 Å². The first-order chi connectivity index (χ1) is 14.2. The number of methoxy groups -OCH3 is 2. The van der Waals surface area contributed by atoms with Crippen molar-refractivity contribution in [2.75, 3.05) is 20.8 Å². The number of aromatic nitrogens is 1. The predicted octanol–water partition coefficient (Wildman–Crippen LogP) is 3.83. The van der Waals surface area contributed by atoms with Gasteiger partial charge in [-0.15, -0.1) is 0 Å². The van der Waals surface area contributed by atoms with E-state index in [0.29, 0.717) is 41.9 Å². The third kappa shape index (κ3) is 4.94. The highest BCUT2D eigenvalue weighted by Crippen LogP contribution is 2.31. The van der Waals surface area contributed by atoms with Crippen molar-refractivity contribution in [1.29, 1.82) is 0 Å². The first kappa shape index (κ1) is 20.4. The van der Waals surface area contributed by atoms with Crippen LogP contribution in [-0.2, 0) is 17.9 Å². The Morgan fingerprint density at radius 3 is 2.66 bits per heavy atom. The van der Waals surface area contributed by atoms with Crippen LogP contribution in [0.25, 0.3) is 11.5 Å². The van der Waals surface area contributed by atoms with Gasteiger partial charge in [0.25, 0.3) is 5.91 Å². The van der Waals surface area contributed by atoms with Gasteiger partial charge in [0, 0.05) is 17.7 Å². The highest BCUT2D eigenvalue weighted by atomic mass is 16.5. The highest BCUT2D eigenvalue weighted by Gasteiger charge is 2.14. The van der Waals surface area contributed by atoms with E-state index < -0.39 is 0 Å². The maximum atomic E-state index is 12.6. The number of carbonyl (C=O) groups is 1. The fraction of sp³-hybridized carbons (Fsp3) is 0.273. The van der Waals surface area contributed by atoms with Crippen molar-refractivity contribution in [1.82, 2.24) is 10.3 Å². The van der Waals surface area contributed by atoms with E-state index in [1.54, 1.807) is 32.4 Å². The SMILES string of the molecule is CCOCc1ccccc1C(=O)NCc1coc(-c2ccc(OC)c(OC)c2)n1. The average Bonchev–Trinajstić information content (AvgIpc) is 3.24. The normalized spacial score (nSPS) is 10.6. The third-order valence-corrected chi connectivity index (χ3v) is 4.34. The van der Waals surface area contributed by atoms with Crippen molar-refractivity contribution < 1.29 is 23.4 Å². The number of benzene rings is 2. The fourth-order valence-electron chi connectivity index (χ4n) is 2.84. The molecule has 1 heterocycles. The molecule has 0 radical (unpaired) electrons. The molecule has 0 fully saturated rings. The van der Waals surface area contributed by atoms with E-state index in [4.69, 9.17) is 18.6 Å². The molecule has 1 amide bonds. The van der Waals surface area contributed by atoms with Gasteiger partial charge in [-0.25, -0.2) is 4.98 Å². The summed E-state index contributed by atoms with van der Waals surface area (Å²) in [5, 5.41) is 2.88. The van der Waals surface area contributed by atoms with Crippen LogP contribution in [0.2, 0.25) is 0 Å². The molecule has 7 nitrogen and oxygen atoms in total. The van der Waals surface area contributed by atoms with Gasteiger partial charge in [0.15, 0.2) is 11.5 Å². The summed E-state index contributed by atoms with van der Waals surface area (Å²) in [5.74, 6) is 1.47. The molecule has 3 aromatic rings. The molecule has 7 heteroatoms. The van der Waals surface area contributed by atoms with Gasteiger partial charge in [-0.1, -0.05) is 18.2 Å². The van der Waals surface area contributed by atoms with E-state index in [-0.39, 0.29) is 12.5 Å². The van der Waals surface area contributed by atoms with Crippen LogP contribution in [0.4, 0.5) is 0 Å². The zero-order valence-corrected chi connectivity index (χ0v) is 16.7. The molecule has 0 saturated heterocycles. The maximum absolute atomic E-state index is 12.6. The second-order valence-corrected chi connectivity index (χ2v) is 6.19. The van der Waals surface area contributed by atoms with Gasteiger partial charge in [-0.3, -0.25) is 4.79 Å². The molecule has 0 aliphatic rings. The number of carbonyl (C=O) groups excluding carboxylic acids is 1. The summed E-state index contributed by atoms with van der Waals surface area (Å²) in [4.78, 5) is 17.0. The van der Waals surface area contributed by atoms with Gasteiger partial charge in [0.2, 0.25) is 5.89 Å². The summed E-state index contributed by atoms with van der Waals surface area (Å²) in [6.45, 7) is 3.16. The number of hydrogen-bond donors (Lipinski definition) is 1. The lowest BCUT2D eigenvalue weighted by Crippen LogP contribution is -2.24. The maximum Gasteiger partial charge on any atom is 0.251 e. The standard InChI is InChI=1S/C22H24N2O5/c1-4-28-13-16-7-5-6-8-18(16)21(25)23-12-17-14-29-22(24-17)15-9-10-19(26-2)20(11-15)27-3/h5-11,14H,4,12-13H2,1-3H3,(H,23,25). The van der Waals surface area contributed by atoms with Crippen molar-refractivity contribution in [3.8, 4) is 23.0 Å². The summed E-state index contributed by atoms with van der Waals surface area (Å²) >= 11 is 0. The average molecular weight is 396 g/mol. The molecule has 1 aromatic heterocycles. The van der Waals surface area contributed by atoms with E-state index in [2.05, 4.69) is 10.3 Å². The van der Waals surface area contributed by atoms with E-state index in [9.17, 15) is 4.79 Å². The van der Waals surface area contributed by atoms with Crippen molar-refractivity contribution in [2.24, 2.45) is 0 Å². The summed E-state index contributed by atoms with van der Waals surface area (Å²) in [6.07, 6.45) is 1.53. The Labute approximate surface area is 169 Å². The van der Waals surface area contributed by atoms with Gasteiger partial charge in [0.05, 0.1) is 33.1 Å². The van der Waals surface area contributed by atoms with Crippen LogP contribution in [0.5, 0.6) is 11.5 Å². The number of hydrogen-bond acceptors (Lipinski definition) is 6. The molecule has 0 aliphatic carbocycles. The third-order valence-electron chi connectivity index (χ3n) is 4.34. The smallest absolute Gasteiger partial charge is 0.251 e. The van der Waals surface area contributed by atoms with Crippen molar-refractivity contribution >= 4 is 5.91 Å². The first-order valence-corrected chi connectivity index (χ1v) is 9.27. The Morgan fingerprint density at radius 2 is 1.90 bits per heavy atom. The number of ether oxygens (including phenoxy) is 3. The fourth-order valence-corrected chi connectivity index (χ4v) is 2.84. The zero-order valence-electron chi connectivity index (χ0n) is 16.7. The molecule has 0 bridgehead atoms. The molecule has 0 unspecified atom stereocenters. The summed E-state index contributed by atoms with van der Waals surface area (Å²) in [5.41, 5.74) is 2.80. The molecule has 0 spiro atoms. The van der Waals surface area contributed by atoms with Crippen LogP contribution >= 0.6 is 0 Å². The minimum atomic E-state index is -0.184. The number of nitrogens with one attached hydrogen (secondary N) is 1. The largest absolute Gasteiger partial charge is 0.493 e. The van der Waals surface area contributed by atoms with Crippen LogP contribution in [0.15, 0.2) is 53.1 Å². The van der Waals surface area contributed by atoms with Crippen LogP contribution in [0.1, 0.15) is 28.5 Å². The molecule has 0 atom stereocenters. The Kier molecular flexibility index (Phi) is 6.86. The predicted molar refractivity (Wildman–Crippen MR) is 108 cm³/mol. The van der Waals surface area contributed by atoms with Crippen LogP contribution in [0, 0.1) is 0 Å². The van der Waals surface area contributed by atoms with Gasteiger partial charge in [-0.2, -0.15) is 0 Å². The molecule has 0 aliphatic heterocycles. The van der Waals surface area contributed by atoms with Crippen LogP contribution in [0.3, 0.4) is 0 Å². The lowest BCUT2D eigenvalue weighted by atomic mass is 10.1. The van der Waals surface area contributed by atoms with Gasteiger partial charge < -0.3 is 23.9 Å². The minimum Gasteiger partial charge on any atom is -0.493 e. The van der Waals surface area contributed by atoms with Crippen molar-refractivity contribution in [3.63, 3.8) is 0 Å². The first-order valence-electron chi connectivity index (χ1n) is 9.27. The minimum absolute atomic E-state index is 0.184. The Bertz CT molecular complexity index is 967. The quantitative estimate of drug-likeness (QED) is 0.592. The van der Waals surface area contributed by atoms with Crippen molar-refractivity contribution in [3.05, 3.63) is 65.5 Å². The Morgan fingerprint density at radius 1 is 1.10 bits per heavy atom. The van der Waals surface area contributed by atoms with E-state index in [1.807, 2.05) is 31.2 Å². The summed E-state index contributed by atoms with van der Waals surface area (Å²) < 4.78 is 21.5. The topological polar surface area (TPSA) is 82.8 Å². The zero-order chi connectivity index (χ0) is 20.6. The number of nitrogens with zero attached hydrogens (tertiary/aromatic N) is 1. The van der Waals surface area contributed by atoms with Gasteiger partial charge in [-0.05, 0) is 36.8 Å². The number of rotatable bonds is 9. The number of amides is 1. The van der Waals surface area contributed by atoms with Gasteiger partial charge >= 0.3 is 0 Å². The van der Waals surface area contributed by atoms with E-state index >= 15 is 0 Å². The molecule has 152 valence electrons. The molecule has 2 aromatic carbocycles. The van der Waals surface area contributed by atoms with Gasteiger partial charge in [0.1, 0.15) is 6.26 Å². The van der Waals surface area contributed by atoms with Crippen LogP contribution in [-0.4, -0.2) is 31.7 Å². The molecular formula is C22H24N2O5. The molecule has 29 heavy (non-hydrogen) atoms. The summed E-state index contributed by atoms with van der Waals surface area (Å²) in [7, 11) is 3.15. The second kappa shape index (κ2) is 9.75. The lowest BCUT2D eigenvalue weighted by Gasteiger charge is -2.09. The highest BCUT2D eigenvalue weighted by molar-refractivity contribution is 5.95. The Balaban J connectivity index is 1.68.